The maximum atomic E-state index is 11.0. The molecule has 0 aliphatic rings. The molecule has 2 aromatic rings. The molecule has 0 spiro atoms. The second-order valence-electron chi connectivity index (χ2n) is 3.55. The Morgan fingerprint density at radius 3 is 1.56 bits per heavy atom. The second kappa shape index (κ2) is 4.31. The Hall–Kier alpha value is -1.26. The zero-order valence-corrected chi connectivity index (χ0v) is 10.6. The second-order valence-corrected chi connectivity index (χ2v) is 5.37. The van der Waals surface area contributed by atoms with Gasteiger partial charge in [0.15, 0.2) is 12.6 Å². The highest BCUT2D eigenvalue weighted by molar-refractivity contribution is 7.13. The lowest BCUT2D eigenvalue weighted by Gasteiger charge is -2.02. The number of rotatable bonds is 3. The lowest BCUT2D eigenvalue weighted by molar-refractivity contribution is 0.111. The molecule has 0 aliphatic carbocycles. The summed E-state index contributed by atoms with van der Waals surface area (Å²) in [7, 11) is 0. The van der Waals surface area contributed by atoms with Gasteiger partial charge in [-0.2, -0.15) is 0 Å². The van der Waals surface area contributed by atoms with Crippen molar-refractivity contribution in [2.45, 2.75) is 13.8 Å². The number of aryl methyl sites for hydroxylation is 2. The molecule has 2 aromatic heterocycles. The van der Waals surface area contributed by atoms with Crippen molar-refractivity contribution in [3.63, 3.8) is 0 Å². The van der Waals surface area contributed by atoms with Gasteiger partial charge in [0.1, 0.15) is 0 Å². The van der Waals surface area contributed by atoms with E-state index in [1.807, 2.05) is 24.6 Å². The van der Waals surface area contributed by atoms with Crippen molar-refractivity contribution in [3.05, 3.63) is 31.6 Å². The first-order valence-electron chi connectivity index (χ1n) is 4.76. The van der Waals surface area contributed by atoms with Crippen LogP contribution in [0, 0.1) is 13.8 Å². The molecule has 0 saturated heterocycles. The Morgan fingerprint density at radius 2 is 1.25 bits per heavy atom. The van der Waals surface area contributed by atoms with Crippen molar-refractivity contribution in [1.82, 2.24) is 0 Å². The molecule has 0 aliphatic heterocycles. The van der Waals surface area contributed by atoms with E-state index in [-0.39, 0.29) is 0 Å². The SMILES string of the molecule is Cc1csc(C=O)c1-c1c(C)csc1C=O. The number of carbonyl (C=O) groups is 2. The van der Waals surface area contributed by atoms with E-state index in [1.54, 1.807) is 0 Å². The van der Waals surface area contributed by atoms with E-state index < -0.39 is 0 Å². The Bertz CT molecular complexity index is 499. The molecule has 0 amide bonds. The van der Waals surface area contributed by atoms with Gasteiger partial charge in [0.2, 0.25) is 0 Å². The third-order valence-electron chi connectivity index (χ3n) is 2.47. The van der Waals surface area contributed by atoms with E-state index in [1.165, 1.54) is 22.7 Å². The summed E-state index contributed by atoms with van der Waals surface area (Å²) in [5.41, 5.74) is 3.94. The van der Waals surface area contributed by atoms with Crippen LogP contribution in [0.1, 0.15) is 30.5 Å². The Kier molecular flexibility index (Phi) is 3.03. The molecule has 0 fully saturated rings. The van der Waals surface area contributed by atoms with Crippen LogP contribution in [0.15, 0.2) is 10.8 Å². The van der Waals surface area contributed by atoms with Gasteiger partial charge in [-0.3, -0.25) is 9.59 Å². The lowest BCUT2D eigenvalue weighted by atomic mass is 10.0. The Balaban J connectivity index is 2.74. The first-order chi connectivity index (χ1) is 7.69. The van der Waals surface area contributed by atoms with E-state index in [4.69, 9.17) is 0 Å². The molecule has 16 heavy (non-hydrogen) atoms. The lowest BCUT2D eigenvalue weighted by Crippen LogP contribution is -1.88. The van der Waals surface area contributed by atoms with Crippen LogP contribution >= 0.6 is 22.7 Å². The van der Waals surface area contributed by atoms with E-state index in [0.29, 0.717) is 9.75 Å². The molecule has 4 heteroatoms. The van der Waals surface area contributed by atoms with Crippen LogP contribution in [0.25, 0.3) is 11.1 Å². The molecule has 2 heterocycles. The molecule has 2 rings (SSSR count). The van der Waals surface area contributed by atoms with Gasteiger partial charge in [0, 0.05) is 11.1 Å². The number of aldehydes is 2. The average Bonchev–Trinajstić information content (AvgIpc) is 2.81. The summed E-state index contributed by atoms with van der Waals surface area (Å²) in [4.78, 5) is 23.3. The number of carbonyl (C=O) groups excluding carboxylic acids is 2. The van der Waals surface area contributed by atoms with Crippen LogP contribution in [0.5, 0.6) is 0 Å². The van der Waals surface area contributed by atoms with E-state index >= 15 is 0 Å². The summed E-state index contributed by atoms with van der Waals surface area (Å²) < 4.78 is 0. The first-order valence-corrected chi connectivity index (χ1v) is 6.52. The summed E-state index contributed by atoms with van der Waals surface area (Å²) >= 11 is 2.85. The quantitative estimate of drug-likeness (QED) is 0.778. The summed E-state index contributed by atoms with van der Waals surface area (Å²) in [5.74, 6) is 0. The predicted octanol–water partition coefficient (Wildman–Crippen LogP) is 3.72. The fraction of sp³-hybridized carbons (Fsp3) is 0.167. The Morgan fingerprint density at radius 1 is 0.875 bits per heavy atom. The molecule has 2 nitrogen and oxygen atoms in total. The Labute approximate surface area is 102 Å². The first kappa shape index (κ1) is 11.2. The number of hydrogen-bond acceptors (Lipinski definition) is 4. The van der Waals surface area contributed by atoms with Gasteiger partial charge in [0.05, 0.1) is 9.75 Å². The molecular formula is C12H10O2S2. The van der Waals surface area contributed by atoms with Gasteiger partial charge in [-0.15, -0.1) is 22.7 Å². The molecule has 0 atom stereocenters. The fourth-order valence-corrected chi connectivity index (χ4v) is 3.46. The highest BCUT2D eigenvalue weighted by Gasteiger charge is 2.17. The fourth-order valence-electron chi connectivity index (χ4n) is 1.74. The van der Waals surface area contributed by atoms with Gasteiger partial charge >= 0.3 is 0 Å². The van der Waals surface area contributed by atoms with Gasteiger partial charge in [-0.25, -0.2) is 0 Å². The van der Waals surface area contributed by atoms with Gasteiger partial charge < -0.3 is 0 Å². The molecule has 0 saturated carbocycles. The van der Waals surface area contributed by atoms with E-state index in [9.17, 15) is 9.59 Å². The van der Waals surface area contributed by atoms with E-state index in [0.717, 1.165) is 34.8 Å². The van der Waals surface area contributed by atoms with Crippen LogP contribution in [-0.4, -0.2) is 12.6 Å². The normalized spacial score (nSPS) is 10.4. The highest BCUT2D eigenvalue weighted by atomic mass is 32.1. The maximum absolute atomic E-state index is 11.0. The minimum absolute atomic E-state index is 0.696. The molecule has 0 N–H and O–H groups in total. The monoisotopic (exact) mass is 250 g/mol. The summed E-state index contributed by atoms with van der Waals surface area (Å²) in [6, 6.07) is 0. The molecule has 82 valence electrons. The molecule has 0 unspecified atom stereocenters. The molecule has 0 radical (unpaired) electrons. The third kappa shape index (κ3) is 1.64. The van der Waals surface area contributed by atoms with Crippen molar-refractivity contribution in [2.24, 2.45) is 0 Å². The summed E-state index contributed by atoms with van der Waals surface area (Å²) in [6.07, 6.45) is 1.72. The van der Waals surface area contributed by atoms with Crippen LogP contribution in [0.4, 0.5) is 0 Å². The molecule has 0 bridgehead atoms. The molecular weight excluding hydrogens is 240 g/mol. The van der Waals surface area contributed by atoms with Crippen LogP contribution in [0.3, 0.4) is 0 Å². The van der Waals surface area contributed by atoms with Crippen molar-refractivity contribution >= 4 is 35.2 Å². The van der Waals surface area contributed by atoms with Gasteiger partial charge in [0.25, 0.3) is 0 Å². The smallest absolute Gasteiger partial charge is 0.160 e. The highest BCUT2D eigenvalue weighted by Crippen LogP contribution is 2.37. The maximum Gasteiger partial charge on any atom is 0.160 e. The van der Waals surface area contributed by atoms with Crippen molar-refractivity contribution in [3.8, 4) is 11.1 Å². The topological polar surface area (TPSA) is 34.1 Å². The predicted molar refractivity (Wildman–Crippen MR) is 67.9 cm³/mol. The standard InChI is InChI=1S/C12H10O2S2/c1-7-5-15-9(3-13)11(7)12-8(2)6-16-10(12)4-14/h3-6H,1-2H3. The van der Waals surface area contributed by atoms with Crippen molar-refractivity contribution < 1.29 is 9.59 Å². The summed E-state index contributed by atoms with van der Waals surface area (Å²) in [5, 5.41) is 3.90. The van der Waals surface area contributed by atoms with E-state index in [2.05, 4.69) is 0 Å². The zero-order chi connectivity index (χ0) is 11.7. The van der Waals surface area contributed by atoms with Crippen LogP contribution in [0.2, 0.25) is 0 Å². The summed E-state index contributed by atoms with van der Waals surface area (Å²) in [6.45, 7) is 3.93. The van der Waals surface area contributed by atoms with Gasteiger partial charge in [-0.05, 0) is 35.7 Å². The molecule has 0 aromatic carbocycles. The minimum atomic E-state index is 0.696. The van der Waals surface area contributed by atoms with Crippen molar-refractivity contribution in [2.75, 3.05) is 0 Å². The van der Waals surface area contributed by atoms with Gasteiger partial charge in [-0.1, -0.05) is 0 Å². The number of hydrogen-bond donors (Lipinski definition) is 0. The average molecular weight is 250 g/mol. The van der Waals surface area contributed by atoms with Crippen LogP contribution < -0.4 is 0 Å². The number of thiophene rings is 2. The van der Waals surface area contributed by atoms with Crippen LogP contribution in [-0.2, 0) is 0 Å². The third-order valence-corrected chi connectivity index (χ3v) is 4.52. The largest absolute Gasteiger partial charge is 0.297 e. The zero-order valence-electron chi connectivity index (χ0n) is 8.94. The minimum Gasteiger partial charge on any atom is -0.297 e. The van der Waals surface area contributed by atoms with Crippen molar-refractivity contribution in [1.29, 1.82) is 0 Å².